The van der Waals surface area contributed by atoms with Crippen LogP contribution >= 0.6 is 11.8 Å². The summed E-state index contributed by atoms with van der Waals surface area (Å²) in [5.41, 5.74) is 1.33. The monoisotopic (exact) mass is 323 g/mol. The molecule has 1 N–H and O–H groups in total. The molecule has 1 aliphatic rings. The Labute approximate surface area is 131 Å². The molecule has 118 valence electrons. The molecule has 0 bridgehead atoms. The van der Waals surface area contributed by atoms with Crippen molar-refractivity contribution in [2.24, 2.45) is 0 Å². The Balaban J connectivity index is 1.87. The predicted octanol–water partition coefficient (Wildman–Crippen LogP) is 0.277. The summed E-state index contributed by atoms with van der Waals surface area (Å²) in [5, 5.41) is 2.40. The Morgan fingerprint density at radius 3 is 2.41 bits per heavy atom. The van der Waals surface area contributed by atoms with Crippen LogP contribution in [0.15, 0.2) is 16.9 Å². The lowest BCUT2D eigenvalue weighted by Crippen LogP contribution is -2.38. The summed E-state index contributed by atoms with van der Waals surface area (Å²) < 4.78 is 1.73. The fourth-order valence-corrected chi connectivity index (χ4v) is 2.99. The average Bonchev–Trinajstić information content (AvgIpc) is 2.74. The molecule has 0 unspecified atom stereocenters. The fraction of sp³-hybridized carbons (Fsp3) is 0.429. The van der Waals surface area contributed by atoms with E-state index in [0.29, 0.717) is 11.4 Å². The number of thioether (sulfide) groups is 1. The molecular formula is C14H17N3O4S. The summed E-state index contributed by atoms with van der Waals surface area (Å²) in [6.45, 7) is 4.02. The van der Waals surface area contributed by atoms with Gasteiger partial charge in [0.05, 0.1) is 5.75 Å². The standard InChI is InChI=1S/C14H17N3O4S/c1-9-5-11(18)6-10(2)17(9)7-12(19)15-3-4-16-13(20)8-22-14(16)21/h5-6H,3-4,7-8H2,1-2H3,(H,15,19). The minimum absolute atomic E-state index is 0.0878. The van der Waals surface area contributed by atoms with Gasteiger partial charge >= 0.3 is 0 Å². The van der Waals surface area contributed by atoms with E-state index in [1.807, 2.05) is 0 Å². The second-order valence-corrected chi connectivity index (χ2v) is 5.94. The number of carbonyl (C=O) groups excluding carboxylic acids is 3. The molecule has 1 saturated heterocycles. The van der Waals surface area contributed by atoms with Crippen LogP contribution < -0.4 is 10.7 Å². The smallest absolute Gasteiger partial charge is 0.288 e. The molecule has 3 amide bonds. The minimum Gasteiger partial charge on any atom is -0.353 e. The molecule has 2 heterocycles. The summed E-state index contributed by atoms with van der Waals surface area (Å²) in [6, 6.07) is 2.94. The van der Waals surface area contributed by atoms with E-state index in [9.17, 15) is 19.2 Å². The van der Waals surface area contributed by atoms with Gasteiger partial charge in [-0.1, -0.05) is 11.8 Å². The lowest BCUT2D eigenvalue weighted by atomic mass is 10.3. The van der Waals surface area contributed by atoms with Crippen LogP contribution in [0.3, 0.4) is 0 Å². The van der Waals surface area contributed by atoms with E-state index in [-0.39, 0.29) is 47.9 Å². The molecule has 7 nitrogen and oxygen atoms in total. The van der Waals surface area contributed by atoms with E-state index in [4.69, 9.17) is 0 Å². The quantitative estimate of drug-likeness (QED) is 0.840. The SMILES string of the molecule is Cc1cc(=O)cc(C)n1CC(=O)NCCN1C(=O)CSC1=O. The van der Waals surface area contributed by atoms with Crippen molar-refractivity contribution >= 4 is 28.8 Å². The minimum atomic E-state index is -0.272. The van der Waals surface area contributed by atoms with E-state index >= 15 is 0 Å². The maximum Gasteiger partial charge on any atom is 0.288 e. The highest BCUT2D eigenvalue weighted by Gasteiger charge is 2.29. The van der Waals surface area contributed by atoms with Crippen LogP contribution in [0.25, 0.3) is 0 Å². The number of hydrogen-bond donors (Lipinski definition) is 1. The molecule has 8 heteroatoms. The summed E-state index contributed by atoms with van der Waals surface area (Å²) in [7, 11) is 0. The number of aryl methyl sites for hydroxylation is 2. The Morgan fingerprint density at radius 1 is 1.23 bits per heavy atom. The third-order valence-electron chi connectivity index (χ3n) is 3.35. The van der Waals surface area contributed by atoms with Crippen LogP contribution in [0.5, 0.6) is 0 Å². The maximum atomic E-state index is 11.9. The Hall–Kier alpha value is -2.09. The zero-order valence-electron chi connectivity index (χ0n) is 12.4. The van der Waals surface area contributed by atoms with Crippen molar-refractivity contribution in [1.29, 1.82) is 0 Å². The van der Waals surface area contributed by atoms with Crippen molar-refractivity contribution in [1.82, 2.24) is 14.8 Å². The molecule has 1 fully saturated rings. The van der Waals surface area contributed by atoms with Crippen LogP contribution in [-0.4, -0.2) is 45.4 Å². The van der Waals surface area contributed by atoms with E-state index in [1.165, 1.54) is 12.1 Å². The number of imide groups is 1. The second kappa shape index (κ2) is 6.78. The van der Waals surface area contributed by atoms with E-state index < -0.39 is 0 Å². The van der Waals surface area contributed by atoms with Crippen molar-refractivity contribution in [3.63, 3.8) is 0 Å². The number of rotatable bonds is 5. The van der Waals surface area contributed by atoms with E-state index in [1.54, 1.807) is 18.4 Å². The normalized spacial score (nSPS) is 14.5. The van der Waals surface area contributed by atoms with Crippen molar-refractivity contribution in [3.05, 3.63) is 33.7 Å². The van der Waals surface area contributed by atoms with Crippen molar-refractivity contribution in [2.45, 2.75) is 20.4 Å². The lowest BCUT2D eigenvalue weighted by molar-refractivity contribution is -0.125. The molecule has 0 radical (unpaired) electrons. The summed E-state index contributed by atoms with van der Waals surface area (Å²) in [5.74, 6) is -0.291. The van der Waals surface area contributed by atoms with Crippen LogP contribution in [0.2, 0.25) is 0 Å². The second-order valence-electron chi connectivity index (χ2n) is 5.01. The van der Waals surface area contributed by atoms with Crippen molar-refractivity contribution in [2.75, 3.05) is 18.8 Å². The number of amides is 3. The van der Waals surface area contributed by atoms with Gasteiger partial charge in [-0.05, 0) is 13.8 Å². The first-order valence-electron chi connectivity index (χ1n) is 6.80. The third kappa shape index (κ3) is 3.76. The maximum absolute atomic E-state index is 11.9. The fourth-order valence-electron chi connectivity index (χ4n) is 2.24. The molecule has 2 rings (SSSR count). The number of hydrogen-bond acceptors (Lipinski definition) is 5. The first kappa shape index (κ1) is 16.3. The van der Waals surface area contributed by atoms with Gasteiger partial charge in [0.1, 0.15) is 6.54 Å². The molecule has 22 heavy (non-hydrogen) atoms. The van der Waals surface area contributed by atoms with E-state index in [0.717, 1.165) is 16.7 Å². The van der Waals surface area contributed by atoms with Gasteiger partial charge in [-0.15, -0.1) is 0 Å². The highest BCUT2D eigenvalue weighted by molar-refractivity contribution is 8.14. The van der Waals surface area contributed by atoms with Crippen LogP contribution in [0, 0.1) is 13.8 Å². The number of pyridine rings is 1. The van der Waals surface area contributed by atoms with Gasteiger partial charge in [0.2, 0.25) is 11.8 Å². The van der Waals surface area contributed by atoms with Gasteiger partial charge in [0.25, 0.3) is 5.24 Å². The Bertz CT molecular complexity index is 641. The predicted molar refractivity (Wildman–Crippen MR) is 82.8 cm³/mol. The molecule has 0 aromatic carbocycles. The molecule has 0 aliphatic carbocycles. The van der Waals surface area contributed by atoms with Crippen LogP contribution in [0.4, 0.5) is 4.79 Å². The zero-order valence-corrected chi connectivity index (χ0v) is 13.2. The van der Waals surface area contributed by atoms with Gasteiger partial charge < -0.3 is 9.88 Å². The molecule has 0 saturated carbocycles. The summed E-state index contributed by atoms with van der Waals surface area (Å²) >= 11 is 0.971. The van der Waals surface area contributed by atoms with Gasteiger partial charge in [-0.25, -0.2) is 0 Å². The molecule has 0 spiro atoms. The summed E-state index contributed by atoms with van der Waals surface area (Å²) in [4.78, 5) is 47.2. The zero-order chi connectivity index (χ0) is 16.3. The molecule has 1 aromatic rings. The van der Waals surface area contributed by atoms with Crippen LogP contribution in [-0.2, 0) is 16.1 Å². The highest BCUT2D eigenvalue weighted by Crippen LogP contribution is 2.17. The molecule has 1 aliphatic heterocycles. The number of carbonyl (C=O) groups is 3. The number of aromatic nitrogens is 1. The van der Waals surface area contributed by atoms with Crippen LogP contribution in [0.1, 0.15) is 11.4 Å². The Kier molecular flexibility index (Phi) is 5.02. The first-order valence-corrected chi connectivity index (χ1v) is 7.79. The first-order chi connectivity index (χ1) is 10.4. The topological polar surface area (TPSA) is 88.5 Å². The molecular weight excluding hydrogens is 306 g/mol. The molecule has 1 aromatic heterocycles. The largest absolute Gasteiger partial charge is 0.353 e. The highest BCUT2D eigenvalue weighted by atomic mass is 32.2. The van der Waals surface area contributed by atoms with Gasteiger partial charge in [0, 0.05) is 36.6 Å². The molecule has 0 atom stereocenters. The average molecular weight is 323 g/mol. The number of nitrogens with zero attached hydrogens (tertiary/aromatic N) is 2. The van der Waals surface area contributed by atoms with Crippen molar-refractivity contribution < 1.29 is 14.4 Å². The van der Waals surface area contributed by atoms with E-state index in [2.05, 4.69) is 5.32 Å². The summed E-state index contributed by atoms with van der Waals surface area (Å²) in [6.07, 6.45) is 0. The lowest BCUT2D eigenvalue weighted by Gasteiger charge is -2.16. The van der Waals surface area contributed by atoms with Gasteiger partial charge in [0.15, 0.2) is 5.43 Å². The third-order valence-corrected chi connectivity index (χ3v) is 4.21. The van der Waals surface area contributed by atoms with Gasteiger partial charge in [-0.3, -0.25) is 24.1 Å². The van der Waals surface area contributed by atoms with Crippen molar-refractivity contribution in [3.8, 4) is 0 Å². The van der Waals surface area contributed by atoms with Gasteiger partial charge in [-0.2, -0.15) is 0 Å². The Morgan fingerprint density at radius 2 is 1.86 bits per heavy atom. The number of nitrogens with one attached hydrogen (secondary N) is 1.